The van der Waals surface area contributed by atoms with Crippen molar-refractivity contribution in [3.8, 4) is 0 Å². The first kappa shape index (κ1) is 27.8. The molecule has 0 radical (unpaired) electrons. The van der Waals surface area contributed by atoms with Gasteiger partial charge < -0.3 is 20.8 Å². The Labute approximate surface area is 229 Å². The predicted octanol–water partition coefficient (Wildman–Crippen LogP) is 4.26. The summed E-state index contributed by atoms with van der Waals surface area (Å²) in [6.07, 6.45) is -0.464. The highest BCUT2D eigenvalue weighted by molar-refractivity contribution is 5.97. The van der Waals surface area contributed by atoms with Crippen molar-refractivity contribution in [3.05, 3.63) is 144 Å². The van der Waals surface area contributed by atoms with Crippen LogP contribution in [0.3, 0.4) is 0 Å². The van der Waals surface area contributed by atoms with Crippen molar-refractivity contribution in [2.24, 2.45) is 0 Å². The summed E-state index contributed by atoms with van der Waals surface area (Å²) in [4.78, 5) is 26.0. The monoisotopic (exact) mass is 522 g/mol. The normalized spacial score (nSPS) is 13.2. The highest BCUT2D eigenvalue weighted by Crippen LogP contribution is 2.34. The van der Waals surface area contributed by atoms with Gasteiger partial charge in [-0.15, -0.1) is 0 Å². The van der Waals surface area contributed by atoms with E-state index in [0.717, 1.165) is 0 Å². The van der Waals surface area contributed by atoms with Crippen molar-refractivity contribution in [3.63, 3.8) is 0 Å². The number of rotatable bonds is 10. The third kappa shape index (κ3) is 5.93. The Morgan fingerprint density at radius 3 is 1.00 bits per heavy atom. The zero-order valence-corrected chi connectivity index (χ0v) is 22.1. The first-order chi connectivity index (χ1) is 18.8. The summed E-state index contributed by atoms with van der Waals surface area (Å²) in [7, 11) is 0. The van der Waals surface area contributed by atoms with Crippen molar-refractivity contribution in [1.82, 2.24) is 10.6 Å². The zero-order valence-electron chi connectivity index (χ0n) is 22.1. The molecule has 2 unspecified atom stereocenters. The average Bonchev–Trinajstić information content (AvgIpc) is 2.97. The van der Waals surface area contributed by atoms with E-state index < -0.39 is 41.5 Å². The van der Waals surface area contributed by atoms with Crippen LogP contribution < -0.4 is 10.6 Å². The van der Waals surface area contributed by atoms with E-state index in [9.17, 15) is 19.8 Å². The first-order valence-electron chi connectivity index (χ1n) is 13.0. The van der Waals surface area contributed by atoms with Crippen molar-refractivity contribution >= 4 is 11.8 Å². The third-order valence-electron chi connectivity index (χ3n) is 7.18. The van der Waals surface area contributed by atoms with E-state index in [2.05, 4.69) is 10.6 Å². The van der Waals surface area contributed by atoms with E-state index in [1.54, 1.807) is 62.4 Å². The van der Waals surface area contributed by atoms with Gasteiger partial charge in [-0.25, -0.2) is 0 Å². The molecule has 2 amide bonds. The molecule has 6 nitrogen and oxygen atoms in total. The molecule has 0 bridgehead atoms. The maximum atomic E-state index is 13.0. The van der Waals surface area contributed by atoms with Crippen LogP contribution in [-0.2, 0) is 20.8 Å². The second-order valence-corrected chi connectivity index (χ2v) is 9.75. The van der Waals surface area contributed by atoms with Crippen LogP contribution in [-0.4, -0.2) is 34.1 Å². The van der Waals surface area contributed by atoms with E-state index >= 15 is 0 Å². The minimum absolute atomic E-state index is 0.464. The van der Waals surface area contributed by atoms with Gasteiger partial charge in [0.2, 0.25) is 11.8 Å². The lowest BCUT2D eigenvalue weighted by atomic mass is 9.80. The molecule has 0 saturated carbocycles. The summed E-state index contributed by atoms with van der Waals surface area (Å²) in [5.41, 5.74) is -0.530. The number of aliphatic hydroxyl groups is 2. The second kappa shape index (κ2) is 12.1. The van der Waals surface area contributed by atoms with E-state index in [1.807, 2.05) is 72.8 Å². The molecular formula is C33H34N2O4. The fraction of sp³-hybridized carbons (Fsp3) is 0.212. The molecule has 6 heteroatoms. The maximum Gasteiger partial charge on any atom is 0.229 e. The minimum atomic E-state index is -1.51. The van der Waals surface area contributed by atoms with Crippen LogP contribution in [0.1, 0.15) is 42.5 Å². The molecule has 0 aliphatic carbocycles. The summed E-state index contributed by atoms with van der Waals surface area (Å²) in [6.45, 7) is 3.42. The number of benzene rings is 4. The van der Waals surface area contributed by atoms with Gasteiger partial charge in [0.1, 0.15) is 17.6 Å². The molecule has 0 fully saturated rings. The Balaban J connectivity index is 1.49. The number of carbonyl (C=O) groups is 2. The lowest BCUT2D eigenvalue weighted by molar-refractivity contribution is -0.131. The Morgan fingerprint density at radius 1 is 0.538 bits per heavy atom. The number of nitrogens with one attached hydrogen (secondary N) is 2. The number of amides is 2. The molecule has 0 spiro atoms. The number of hydrogen-bond donors (Lipinski definition) is 4. The van der Waals surface area contributed by atoms with Gasteiger partial charge in [0.05, 0.1) is 12.1 Å². The van der Waals surface area contributed by atoms with Gasteiger partial charge in [0, 0.05) is 0 Å². The van der Waals surface area contributed by atoms with E-state index in [-0.39, 0.29) is 0 Å². The standard InChI is InChI=1S/C33H34N2O4/c1-24(32(38,26-15-7-3-8-16-26)27-17-9-4-10-18-27)34-30(36)23-31(37)35-25(2)33(39,28-19-11-5-12-20-28)29-21-13-6-14-22-29/h3-22,24-25,38-39H,23H2,1-2H3,(H,34,36)(H,35,37). The molecule has 0 saturated heterocycles. The van der Waals surface area contributed by atoms with Gasteiger partial charge in [-0.3, -0.25) is 9.59 Å². The summed E-state index contributed by atoms with van der Waals surface area (Å²) in [6, 6.07) is 35.0. The summed E-state index contributed by atoms with van der Waals surface area (Å²) >= 11 is 0. The highest BCUT2D eigenvalue weighted by Gasteiger charge is 2.40. The van der Waals surface area contributed by atoms with Crippen molar-refractivity contribution in [2.45, 2.75) is 43.6 Å². The molecule has 0 aromatic heterocycles. The van der Waals surface area contributed by atoms with E-state index in [1.165, 1.54) is 0 Å². The fourth-order valence-corrected chi connectivity index (χ4v) is 5.04. The average molecular weight is 523 g/mol. The SMILES string of the molecule is CC(NC(=O)CC(=O)NC(C)C(O)(c1ccccc1)c1ccccc1)C(O)(c1ccccc1)c1ccccc1. The summed E-state index contributed by atoms with van der Waals surface area (Å²) < 4.78 is 0. The number of hydrogen-bond acceptors (Lipinski definition) is 4. The topological polar surface area (TPSA) is 98.7 Å². The number of carbonyl (C=O) groups excluding carboxylic acids is 2. The van der Waals surface area contributed by atoms with Gasteiger partial charge in [-0.05, 0) is 36.1 Å². The van der Waals surface area contributed by atoms with Gasteiger partial charge in [-0.1, -0.05) is 121 Å². The van der Waals surface area contributed by atoms with Gasteiger partial charge in [0.15, 0.2) is 0 Å². The van der Waals surface area contributed by atoms with Crippen LogP contribution in [0.25, 0.3) is 0 Å². The lowest BCUT2D eigenvalue weighted by Gasteiger charge is -2.36. The van der Waals surface area contributed by atoms with Crippen LogP contribution in [0.5, 0.6) is 0 Å². The predicted molar refractivity (Wildman–Crippen MR) is 152 cm³/mol. The molecular weight excluding hydrogens is 488 g/mol. The van der Waals surface area contributed by atoms with Crippen LogP contribution >= 0.6 is 0 Å². The molecule has 4 aromatic carbocycles. The maximum absolute atomic E-state index is 13.0. The Kier molecular flexibility index (Phi) is 8.59. The zero-order chi connectivity index (χ0) is 27.9. The van der Waals surface area contributed by atoms with Gasteiger partial charge >= 0.3 is 0 Å². The van der Waals surface area contributed by atoms with Crippen molar-refractivity contribution in [1.29, 1.82) is 0 Å². The van der Waals surface area contributed by atoms with Crippen LogP contribution in [0.15, 0.2) is 121 Å². The minimum Gasteiger partial charge on any atom is -0.378 e. The largest absolute Gasteiger partial charge is 0.378 e. The van der Waals surface area contributed by atoms with Crippen LogP contribution in [0, 0.1) is 0 Å². The Morgan fingerprint density at radius 2 is 0.769 bits per heavy atom. The van der Waals surface area contributed by atoms with E-state index in [4.69, 9.17) is 0 Å². The van der Waals surface area contributed by atoms with Gasteiger partial charge in [0.25, 0.3) is 0 Å². The van der Waals surface area contributed by atoms with Crippen LogP contribution in [0.2, 0.25) is 0 Å². The summed E-state index contributed by atoms with van der Waals surface area (Å²) in [5, 5.41) is 29.3. The summed E-state index contributed by atoms with van der Waals surface area (Å²) in [5.74, 6) is -1.08. The van der Waals surface area contributed by atoms with Crippen LogP contribution in [0.4, 0.5) is 0 Å². The quantitative estimate of drug-likeness (QED) is 0.234. The fourth-order valence-electron chi connectivity index (χ4n) is 5.04. The molecule has 0 aliphatic rings. The molecule has 2 atom stereocenters. The molecule has 0 aliphatic heterocycles. The van der Waals surface area contributed by atoms with E-state index in [0.29, 0.717) is 22.3 Å². The molecule has 0 heterocycles. The molecule has 39 heavy (non-hydrogen) atoms. The molecule has 4 rings (SSSR count). The Hall–Kier alpha value is -4.26. The van der Waals surface area contributed by atoms with Gasteiger partial charge in [-0.2, -0.15) is 0 Å². The molecule has 200 valence electrons. The second-order valence-electron chi connectivity index (χ2n) is 9.75. The van der Waals surface area contributed by atoms with Crippen molar-refractivity contribution < 1.29 is 19.8 Å². The molecule has 4 aromatic rings. The van der Waals surface area contributed by atoms with Crippen molar-refractivity contribution in [2.75, 3.05) is 0 Å². The Bertz CT molecular complexity index is 1180. The first-order valence-corrected chi connectivity index (χ1v) is 13.0. The lowest BCUT2D eigenvalue weighted by Crippen LogP contribution is -2.52. The third-order valence-corrected chi connectivity index (χ3v) is 7.18. The molecule has 4 N–H and O–H groups in total. The smallest absolute Gasteiger partial charge is 0.229 e. The highest BCUT2D eigenvalue weighted by atomic mass is 16.3.